The van der Waals surface area contributed by atoms with E-state index in [1.54, 1.807) is 13.0 Å². The summed E-state index contributed by atoms with van der Waals surface area (Å²) in [6.45, 7) is 9.49. The molecule has 0 aromatic heterocycles. The van der Waals surface area contributed by atoms with Crippen LogP contribution in [-0.2, 0) is 4.74 Å². The van der Waals surface area contributed by atoms with Crippen molar-refractivity contribution in [3.05, 3.63) is 12.7 Å². The van der Waals surface area contributed by atoms with Gasteiger partial charge in [-0.2, -0.15) is 0 Å². The van der Waals surface area contributed by atoms with E-state index in [2.05, 4.69) is 20.4 Å². The van der Waals surface area contributed by atoms with Crippen molar-refractivity contribution in [2.24, 2.45) is 0 Å². The van der Waals surface area contributed by atoms with Crippen molar-refractivity contribution < 1.29 is 9.84 Å². The molecule has 2 nitrogen and oxygen atoms in total. The molecule has 0 aliphatic carbocycles. The molecule has 0 amide bonds. The Morgan fingerprint density at radius 3 is 2.50 bits per heavy atom. The van der Waals surface area contributed by atoms with Gasteiger partial charge < -0.3 is 9.84 Å². The number of epoxide rings is 1. The van der Waals surface area contributed by atoms with Crippen LogP contribution in [0.3, 0.4) is 0 Å². The molecular formula is C10H18O2. The van der Waals surface area contributed by atoms with Gasteiger partial charge >= 0.3 is 0 Å². The van der Waals surface area contributed by atoms with Crippen LogP contribution in [-0.4, -0.2) is 22.4 Å². The molecule has 2 atom stereocenters. The van der Waals surface area contributed by atoms with Crippen molar-refractivity contribution in [1.29, 1.82) is 0 Å². The standard InChI is InChI=1S/C10H18O2/c1-5-10(4,11)7-6-8-9(2,3)12-8/h5,8,11H,1,6-7H2,2-4H3/t8-,10-/m1/s1. The number of aliphatic hydroxyl groups is 1. The lowest BCUT2D eigenvalue weighted by atomic mass is 9.96. The molecule has 12 heavy (non-hydrogen) atoms. The van der Waals surface area contributed by atoms with Crippen LogP contribution in [0.5, 0.6) is 0 Å². The predicted molar refractivity (Wildman–Crippen MR) is 49.0 cm³/mol. The van der Waals surface area contributed by atoms with Crippen molar-refractivity contribution in [3.8, 4) is 0 Å². The van der Waals surface area contributed by atoms with Gasteiger partial charge in [0.25, 0.3) is 0 Å². The molecule has 2 heteroatoms. The maximum Gasteiger partial charge on any atom is 0.0892 e. The van der Waals surface area contributed by atoms with Gasteiger partial charge in [0.15, 0.2) is 0 Å². The summed E-state index contributed by atoms with van der Waals surface area (Å²) < 4.78 is 5.40. The van der Waals surface area contributed by atoms with Crippen molar-refractivity contribution in [1.82, 2.24) is 0 Å². The van der Waals surface area contributed by atoms with Gasteiger partial charge in [-0.1, -0.05) is 6.08 Å². The summed E-state index contributed by atoms with van der Waals surface area (Å²) in [4.78, 5) is 0. The minimum absolute atomic E-state index is 0.0389. The van der Waals surface area contributed by atoms with Crippen molar-refractivity contribution >= 4 is 0 Å². The molecule has 70 valence electrons. The largest absolute Gasteiger partial charge is 0.386 e. The molecule has 0 spiro atoms. The Morgan fingerprint density at radius 1 is 1.67 bits per heavy atom. The van der Waals surface area contributed by atoms with Crippen LogP contribution in [0, 0.1) is 0 Å². The van der Waals surface area contributed by atoms with Crippen LogP contribution in [0.2, 0.25) is 0 Å². The lowest BCUT2D eigenvalue weighted by Crippen LogP contribution is -2.21. The zero-order valence-electron chi connectivity index (χ0n) is 8.13. The fourth-order valence-electron chi connectivity index (χ4n) is 1.26. The smallest absolute Gasteiger partial charge is 0.0892 e. The summed E-state index contributed by atoms with van der Waals surface area (Å²) in [7, 11) is 0. The maximum atomic E-state index is 9.60. The average Bonchev–Trinajstić information content (AvgIpc) is 2.56. The minimum atomic E-state index is -0.734. The highest BCUT2D eigenvalue weighted by molar-refractivity contribution is 4.98. The fourth-order valence-corrected chi connectivity index (χ4v) is 1.26. The van der Waals surface area contributed by atoms with Crippen LogP contribution in [0.25, 0.3) is 0 Å². The lowest BCUT2D eigenvalue weighted by molar-refractivity contribution is 0.0967. The van der Waals surface area contributed by atoms with E-state index in [0.29, 0.717) is 6.10 Å². The second kappa shape index (κ2) is 2.86. The van der Waals surface area contributed by atoms with Crippen LogP contribution in [0.4, 0.5) is 0 Å². The summed E-state index contributed by atoms with van der Waals surface area (Å²) >= 11 is 0. The summed E-state index contributed by atoms with van der Waals surface area (Å²) in [6.07, 6.45) is 3.54. The van der Waals surface area contributed by atoms with Gasteiger partial charge in [0.2, 0.25) is 0 Å². The highest BCUT2D eigenvalue weighted by Crippen LogP contribution is 2.39. The Labute approximate surface area is 74.2 Å². The van der Waals surface area contributed by atoms with Crippen LogP contribution >= 0.6 is 0 Å². The van der Waals surface area contributed by atoms with E-state index in [-0.39, 0.29) is 5.60 Å². The Morgan fingerprint density at radius 2 is 2.17 bits per heavy atom. The van der Waals surface area contributed by atoms with E-state index in [1.807, 2.05) is 0 Å². The summed E-state index contributed by atoms with van der Waals surface area (Å²) in [5, 5.41) is 9.60. The molecule has 0 unspecified atom stereocenters. The molecule has 1 fully saturated rings. The molecule has 0 aromatic carbocycles. The van der Waals surface area contributed by atoms with Gasteiger partial charge in [0, 0.05) is 0 Å². The molecule has 0 bridgehead atoms. The predicted octanol–water partition coefficient (Wildman–Crippen LogP) is 1.88. The zero-order valence-corrected chi connectivity index (χ0v) is 8.13. The normalized spacial score (nSPS) is 30.8. The number of rotatable bonds is 4. The Bertz CT molecular complexity index is 182. The third-order valence-corrected chi connectivity index (χ3v) is 2.52. The van der Waals surface area contributed by atoms with E-state index >= 15 is 0 Å². The minimum Gasteiger partial charge on any atom is -0.386 e. The third kappa shape index (κ3) is 2.32. The van der Waals surface area contributed by atoms with Gasteiger partial charge in [-0.25, -0.2) is 0 Å². The lowest BCUT2D eigenvalue weighted by Gasteiger charge is -2.17. The van der Waals surface area contributed by atoms with E-state index in [1.165, 1.54) is 0 Å². The first kappa shape index (κ1) is 9.75. The molecule has 1 rings (SSSR count). The van der Waals surface area contributed by atoms with Crippen LogP contribution < -0.4 is 0 Å². The van der Waals surface area contributed by atoms with Crippen molar-refractivity contribution in [2.45, 2.75) is 50.9 Å². The fraction of sp³-hybridized carbons (Fsp3) is 0.800. The molecule has 0 aromatic rings. The highest BCUT2D eigenvalue weighted by atomic mass is 16.6. The van der Waals surface area contributed by atoms with Crippen molar-refractivity contribution in [2.75, 3.05) is 0 Å². The molecular weight excluding hydrogens is 152 g/mol. The molecule has 0 radical (unpaired) electrons. The zero-order chi connectivity index (χ0) is 9.41. The van der Waals surface area contributed by atoms with Crippen molar-refractivity contribution in [3.63, 3.8) is 0 Å². The average molecular weight is 170 g/mol. The van der Waals surface area contributed by atoms with E-state index in [0.717, 1.165) is 12.8 Å². The SMILES string of the molecule is C=C[C@@](C)(O)CC[C@H]1OC1(C)C. The first-order valence-electron chi connectivity index (χ1n) is 4.41. The second-order valence-corrected chi connectivity index (χ2v) is 4.31. The molecule has 0 saturated carbocycles. The Balaban J connectivity index is 2.24. The Kier molecular flexibility index (Phi) is 2.32. The van der Waals surface area contributed by atoms with Gasteiger partial charge in [0.1, 0.15) is 0 Å². The van der Waals surface area contributed by atoms with E-state index in [9.17, 15) is 5.11 Å². The number of hydrogen-bond acceptors (Lipinski definition) is 2. The first-order chi connectivity index (χ1) is 5.37. The monoisotopic (exact) mass is 170 g/mol. The first-order valence-corrected chi connectivity index (χ1v) is 4.41. The third-order valence-electron chi connectivity index (χ3n) is 2.52. The summed E-state index contributed by atoms with van der Waals surface area (Å²) in [5.74, 6) is 0. The molecule has 1 saturated heterocycles. The van der Waals surface area contributed by atoms with E-state index in [4.69, 9.17) is 4.74 Å². The highest BCUT2D eigenvalue weighted by Gasteiger charge is 2.47. The van der Waals surface area contributed by atoms with Gasteiger partial charge in [-0.15, -0.1) is 6.58 Å². The number of ether oxygens (including phenoxy) is 1. The quantitative estimate of drug-likeness (QED) is 0.516. The van der Waals surface area contributed by atoms with Gasteiger partial charge in [0.05, 0.1) is 17.3 Å². The molecule has 1 heterocycles. The van der Waals surface area contributed by atoms with Crippen LogP contribution in [0.15, 0.2) is 12.7 Å². The van der Waals surface area contributed by atoms with E-state index < -0.39 is 5.60 Å². The molecule has 1 aliphatic heterocycles. The van der Waals surface area contributed by atoms with Gasteiger partial charge in [-0.3, -0.25) is 0 Å². The summed E-state index contributed by atoms with van der Waals surface area (Å²) in [5.41, 5.74) is -0.695. The van der Waals surface area contributed by atoms with Crippen LogP contribution in [0.1, 0.15) is 33.6 Å². The maximum absolute atomic E-state index is 9.60. The number of hydrogen-bond donors (Lipinski definition) is 1. The Hall–Kier alpha value is -0.340. The molecule has 1 N–H and O–H groups in total. The van der Waals surface area contributed by atoms with Gasteiger partial charge in [-0.05, 0) is 33.6 Å². The molecule has 1 aliphatic rings. The topological polar surface area (TPSA) is 32.8 Å². The summed E-state index contributed by atoms with van der Waals surface area (Å²) in [6, 6.07) is 0. The second-order valence-electron chi connectivity index (χ2n) is 4.31.